The van der Waals surface area contributed by atoms with E-state index in [1.165, 1.54) is 12.5 Å². The zero-order valence-electron chi connectivity index (χ0n) is 10.2. The van der Waals surface area contributed by atoms with Gasteiger partial charge in [-0.1, -0.05) is 0 Å². The summed E-state index contributed by atoms with van der Waals surface area (Å²) in [6, 6.07) is 5.35. The van der Waals surface area contributed by atoms with Crippen LogP contribution in [0, 0.1) is 5.82 Å². The van der Waals surface area contributed by atoms with Gasteiger partial charge >= 0.3 is 0 Å². The zero-order valence-corrected chi connectivity index (χ0v) is 11.0. The van der Waals surface area contributed by atoms with E-state index in [9.17, 15) is 4.39 Å². The lowest BCUT2D eigenvalue weighted by Crippen LogP contribution is -2.49. The summed E-state index contributed by atoms with van der Waals surface area (Å²) in [6.45, 7) is 1.62. The topological polar surface area (TPSA) is 12.5 Å². The molecule has 2 nitrogen and oxygen atoms in total. The number of ether oxygens (including phenoxy) is 1. The first-order valence-corrected chi connectivity index (χ1v) is 7.05. The van der Waals surface area contributed by atoms with Crippen molar-refractivity contribution in [3.05, 3.63) is 29.6 Å². The molecule has 1 aliphatic carbocycles. The van der Waals surface area contributed by atoms with Crippen molar-refractivity contribution in [3.8, 4) is 0 Å². The Morgan fingerprint density at radius 3 is 3.11 bits per heavy atom. The van der Waals surface area contributed by atoms with Crippen LogP contribution in [0.2, 0.25) is 0 Å². The predicted octanol–water partition coefficient (Wildman–Crippen LogP) is 3.32. The third kappa shape index (κ3) is 2.10. The molecule has 3 rings (SSSR count). The van der Waals surface area contributed by atoms with Crippen molar-refractivity contribution in [1.29, 1.82) is 0 Å². The lowest BCUT2D eigenvalue weighted by atomic mass is 10.1. The fourth-order valence-corrected chi connectivity index (χ4v) is 3.38. The number of hydrogen-bond donors (Lipinski definition) is 0. The van der Waals surface area contributed by atoms with Crippen LogP contribution >= 0.6 is 11.6 Å². The summed E-state index contributed by atoms with van der Waals surface area (Å²) in [5.74, 6) is 0.132. The van der Waals surface area contributed by atoms with Crippen molar-refractivity contribution < 1.29 is 9.13 Å². The van der Waals surface area contributed by atoms with E-state index in [2.05, 4.69) is 4.90 Å². The normalized spacial score (nSPS) is 27.3. The molecule has 1 aliphatic heterocycles. The summed E-state index contributed by atoms with van der Waals surface area (Å²) >= 11 is 5.94. The fourth-order valence-electron chi connectivity index (χ4n) is 3.17. The maximum Gasteiger partial charge on any atom is 0.123 e. The average molecular weight is 270 g/mol. The van der Waals surface area contributed by atoms with Gasteiger partial charge in [0.05, 0.1) is 18.8 Å². The number of rotatable bonds is 2. The Bertz CT molecular complexity index is 440. The number of morpholine rings is 1. The molecule has 0 bridgehead atoms. The molecule has 0 radical (unpaired) electrons. The number of benzene rings is 1. The quantitative estimate of drug-likeness (QED) is 0.764. The number of hydrogen-bond acceptors (Lipinski definition) is 2. The Kier molecular flexibility index (Phi) is 3.44. The fraction of sp³-hybridized carbons (Fsp3) is 0.571. The number of halogens is 2. The van der Waals surface area contributed by atoms with E-state index >= 15 is 0 Å². The number of alkyl halides is 1. The molecule has 98 valence electrons. The van der Waals surface area contributed by atoms with E-state index in [-0.39, 0.29) is 5.82 Å². The summed E-state index contributed by atoms with van der Waals surface area (Å²) < 4.78 is 19.1. The van der Waals surface area contributed by atoms with Gasteiger partial charge in [-0.15, -0.1) is 11.6 Å². The monoisotopic (exact) mass is 269 g/mol. The van der Waals surface area contributed by atoms with E-state index in [1.54, 1.807) is 6.07 Å². The highest BCUT2D eigenvalue weighted by Crippen LogP contribution is 2.35. The molecule has 0 amide bonds. The Hall–Kier alpha value is -0.800. The van der Waals surface area contributed by atoms with Gasteiger partial charge in [0.15, 0.2) is 0 Å². The van der Waals surface area contributed by atoms with Crippen LogP contribution in [0.25, 0.3) is 0 Å². The first-order chi connectivity index (χ1) is 8.79. The molecule has 1 saturated heterocycles. The standard InChI is InChI=1S/C14H17ClFNO/c15-9-10-8-11(16)4-5-12(10)17-6-7-18-14-3-1-2-13(14)17/h4-5,8,13-14H,1-3,6-7,9H2. The largest absolute Gasteiger partial charge is 0.374 e. The van der Waals surface area contributed by atoms with Gasteiger partial charge in [0.1, 0.15) is 5.82 Å². The lowest BCUT2D eigenvalue weighted by Gasteiger charge is -2.40. The van der Waals surface area contributed by atoms with E-state index < -0.39 is 0 Å². The first kappa shape index (κ1) is 12.2. The van der Waals surface area contributed by atoms with Crippen LogP contribution in [0.3, 0.4) is 0 Å². The second-order valence-corrected chi connectivity index (χ2v) is 5.27. The molecule has 2 fully saturated rings. The van der Waals surface area contributed by atoms with Crippen molar-refractivity contribution in [3.63, 3.8) is 0 Å². The lowest BCUT2D eigenvalue weighted by molar-refractivity contribution is 0.0256. The molecular formula is C14H17ClFNO. The van der Waals surface area contributed by atoms with Crippen molar-refractivity contribution in [2.75, 3.05) is 18.1 Å². The summed E-state index contributed by atoms with van der Waals surface area (Å²) in [6.07, 6.45) is 3.85. The first-order valence-electron chi connectivity index (χ1n) is 6.52. The van der Waals surface area contributed by atoms with Crippen LogP contribution in [-0.4, -0.2) is 25.3 Å². The van der Waals surface area contributed by atoms with Gasteiger partial charge in [0, 0.05) is 18.1 Å². The summed E-state index contributed by atoms with van der Waals surface area (Å²) in [4.78, 5) is 2.36. The van der Waals surface area contributed by atoms with Crippen LogP contribution in [0.4, 0.5) is 10.1 Å². The number of fused-ring (bicyclic) bond motifs is 1. The smallest absolute Gasteiger partial charge is 0.123 e. The molecular weight excluding hydrogens is 253 g/mol. The van der Waals surface area contributed by atoms with Gasteiger partial charge in [-0.05, 0) is 43.0 Å². The van der Waals surface area contributed by atoms with E-state index in [0.717, 1.165) is 37.2 Å². The van der Waals surface area contributed by atoms with Crippen LogP contribution in [0.5, 0.6) is 0 Å². The molecule has 0 aromatic heterocycles. The van der Waals surface area contributed by atoms with Crippen LogP contribution < -0.4 is 4.90 Å². The van der Waals surface area contributed by atoms with Gasteiger partial charge in [-0.2, -0.15) is 0 Å². The number of nitrogens with zero attached hydrogens (tertiary/aromatic N) is 1. The van der Waals surface area contributed by atoms with Crippen LogP contribution in [-0.2, 0) is 10.6 Å². The molecule has 0 N–H and O–H groups in total. The van der Waals surface area contributed by atoms with E-state index in [0.29, 0.717) is 18.0 Å². The minimum Gasteiger partial charge on any atom is -0.374 e. The van der Waals surface area contributed by atoms with Crippen LogP contribution in [0.1, 0.15) is 24.8 Å². The van der Waals surface area contributed by atoms with Gasteiger partial charge in [-0.25, -0.2) is 4.39 Å². The third-order valence-electron chi connectivity index (χ3n) is 3.98. The second-order valence-electron chi connectivity index (χ2n) is 5.01. The SMILES string of the molecule is Fc1ccc(N2CCOC3CCCC32)c(CCl)c1. The highest BCUT2D eigenvalue weighted by Gasteiger charge is 2.36. The summed E-state index contributed by atoms with van der Waals surface area (Å²) in [5.41, 5.74) is 1.95. The molecule has 1 aromatic carbocycles. The minimum absolute atomic E-state index is 0.217. The van der Waals surface area contributed by atoms with Gasteiger partial charge < -0.3 is 9.64 Å². The third-order valence-corrected chi connectivity index (χ3v) is 4.27. The molecule has 1 saturated carbocycles. The molecule has 2 unspecified atom stereocenters. The summed E-state index contributed by atoms with van der Waals surface area (Å²) in [7, 11) is 0. The highest BCUT2D eigenvalue weighted by molar-refractivity contribution is 6.17. The van der Waals surface area contributed by atoms with Crippen molar-refractivity contribution in [2.24, 2.45) is 0 Å². The maximum atomic E-state index is 13.3. The Labute approximate surface area is 112 Å². The molecule has 1 aromatic rings. The van der Waals surface area contributed by atoms with E-state index in [4.69, 9.17) is 16.3 Å². The molecule has 18 heavy (non-hydrogen) atoms. The predicted molar refractivity (Wildman–Crippen MR) is 70.7 cm³/mol. The van der Waals surface area contributed by atoms with E-state index in [1.807, 2.05) is 6.07 Å². The highest BCUT2D eigenvalue weighted by atomic mass is 35.5. The molecule has 2 aliphatic rings. The molecule has 2 atom stereocenters. The Balaban J connectivity index is 1.93. The average Bonchev–Trinajstić information content (AvgIpc) is 2.86. The maximum absolute atomic E-state index is 13.3. The molecule has 0 spiro atoms. The summed E-state index contributed by atoms with van der Waals surface area (Å²) in [5, 5.41) is 0. The molecule has 4 heteroatoms. The second kappa shape index (κ2) is 5.06. The van der Waals surface area contributed by atoms with Crippen molar-refractivity contribution in [2.45, 2.75) is 37.3 Å². The number of anilines is 1. The Morgan fingerprint density at radius 2 is 2.28 bits per heavy atom. The minimum atomic E-state index is -0.217. The van der Waals surface area contributed by atoms with Gasteiger partial charge in [0.25, 0.3) is 0 Å². The van der Waals surface area contributed by atoms with Crippen molar-refractivity contribution >= 4 is 17.3 Å². The zero-order chi connectivity index (χ0) is 12.5. The van der Waals surface area contributed by atoms with Crippen molar-refractivity contribution in [1.82, 2.24) is 0 Å². The van der Waals surface area contributed by atoms with Gasteiger partial charge in [0.2, 0.25) is 0 Å². The Morgan fingerprint density at radius 1 is 1.39 bits per heavy atom. The van der Waals surface area contributed by atoms with Gasteiger partial charge in [-0.3, -0.25) is 0 Å². The molecule has 1 heterocycles. The van der Waals surface area contributed by atoms with Crippen LogP contribution in [0.15, 0.2) is 18.2 Å².